The first-order valence-electron chi connectivity index (χ1n) is 15.2. The third-order valence-corrected chi connectivity index (χ3v) is 9.76. The summed E-state index contributed by atoms with van der Waals surface area (Å²) in [5, 5.41) is 12.7. The number of aromatic nitrogens is 1. The van der Waals surface area contributed by atoms with Crippen LogP contribution in [-0.2, 0) is 34.0 Å². The van der Waals surface area contributed by atoms with Crippen LogP contribution in [0.4, 0.5) is 4.79 Å². The Balaban J connectivity index is 1.21. The highest BCUT2D eigenvalue weighted by Gasteiger charge is 2.57. The molecule has 47 heavy (non-hydrogen) atoms. The van der Waals surface area contributed by atoms with Gasteiger partial charge < -0.3 is 24.4 Å². The largest absolute Gasteiger partial charge is 0.489 e. The lowest BCUT2D eigenvalue weighted by Crippen LogP contribution is -2.71. The second-order valence-corrected chi connectivity index (χ2v) is 12.5. The van der Waals surface area contributed by atoms with Crippen molar-refractivity contribution in [1.29, 1.82) is 0 Å². The second kappa shape index (κ2) is 13.4. The minimum absolute atomic E-state index is 0.110. The summed E-state index contributed by atoms with van der Waals surface area (Å²) in [6.07, 6.45) is 1.22. The maximum Gasteiger partial charge on any atom is 0.418 e. The average Bonchev–Trinajstić information content (AvgIpc) is 3.49. The Morgan fingerprint density at radius 3 is 2.21 bits per heavy atom. The predicted octanol–water partition coefficient (Wildman–Crippen LogP) is 6.07. The topological polar surface area (TPSA) is 101 Å². The maximum absolute atomic E-state index is 14.0. The molecule has 9 nitrogen and oxygen atoms in total. The van der Waals surface area contributed by atoms with Crippen LogP contribution >= 0.6 is 15.9 Å². The van der Waals surface area contributed by atoms with Crippen LogP contribution in [0.3, 0.4) is 0 Å². The fourth-order valence-electron chi connectivity index (χ4n) is 5.90. The summed E-state index contributed by atoms with van der Waals surface area (Å²) in [5.41, 5.74) is 1.52. The lowest BCUT2D eigenvalue weighted by Gasteiger charge is -2.48. The molecule has 2 amide bonds. The Hall–Kier alpha value is -4.93. The van der Waals surface area contributed by atoms with E-state index in [0.29, 0.717) is 29.0 Å². The molecule has 0 spiro atoms. The van der Waals surface area contributed by atoms with E-state index in [4.69, 9.17) is 9.47 Å². The Labute approximate surface area is 281 Å². The van der Waals surface area contributed by atoms with Crippen LogP contribution in [0.5, 0.6) is 5.75 Å². The molecule has 1 unspecified atom stereocenters. The summed E-state index contributed by atoms with van der Waals surface area (Å²) >= 11 is 3.54. The Kier molecular flexibility index (Phi) is 9.15. The number of benzene rings is 4. The summed E-state index contributed by atoms with van der Waals surface area (Å²) in [6, 6.07) is 32.6. The number of ether oxygens (including phenoxy) is 2. The van der Waals surface area contributed by atoms with Crippen molar-refractivity contribution in [3.05, 3.63) is 138 Å². The standard InChI is InChI=1S/C37H34BrN3O6/c1-39-32(21-28-22-41(31-19-10-9-18-30(28)31)36(44)47-24-26-14-7-4-8-15-26)34(42)40(2)37(45,35(39)43)33(38)27-16-11-17-29(20-27)46-23-25-12-5-3-6-13-25/h3-20,22,32-33,45H,21,23-24H2,1-2H3/t32-,33?,37+/m0/s1. The van der Waals surface area contributed by atoms with Gasteiger partial charge >= 0.3 is 6.09 Å². The number of likely N-dealkylation sites (N-methyl/N-ethyl adjacent to an activating group) is 2. The van der Waals surface area contributed by atoms with Crippen LogP contribution in [0.15, 0.2) is 115 Å². The SMILES string of the molecule is CN1C(=O)[C@](O)(C(Br)c2cccc(OCc3ccccc3)c2)N(C)C(=O)[C@@H]1Cc1cn(C(=O)OCc2ccccc2)c2ccccc12. The number of amides is 2. The molecule has 0 aliphatic carbocycles. The highest BCUT2D eigenvalue weighted by Crippen LogP contribution is 2.42. The number of alkyl halides is 1. The number of fused-ring (bicyclic) bond motifs is 1. The summed E-state index contributed by atoms with van der Waals surface area (Å²) in [6.45, 7) is 0.462. The van der Waals surface area contributed by atoms with Crippen molar-refractivity contribution in [2.75, 3.05) is 14.1 Å². The molecule has 1 aliphatic rings. The van der Waals surface area contributed by atoms with Crippen molar-refractivity contribution in [3.8, 4) is 5.75 Å². The first kappa shape index (κ1) is 32.0. The normalized spacial score (nSPS) is 18.8. The van der Waals surface area contributed by atoms with Gasteiger partial charge in [-0.15, -0.1) is 0 Å². The zero-order valence-electron chi connectivity index (χ0n) is 26.0. The van der Waals surface area contributed by atoms with Gasteiger partial charge in [0.1, 0.15) is 25.0 Å². The number of rotatable bonds is 9. The smallest absolute Gasteiger partial charge is 0.418 e. The van der Waals surface area contributed by atoms with E-state index in [1.807, 2.05) is 78.9 Å². The van der Waals surface area contributed by atoms with Crippen molar-refractivity contribution in [2.45, 2.75) is 36.2 Å². The van der Waals surface area contributed by atoms with Gasteiger partial charge in [0.2, 0.25) is 11.6 Å². The van der Waals surface area contributed by atoms with Gasteiger partial charge in [0.05, 0.1) is 10.3 Å². The van der Waals surface area contributed by atoms with Gasteiger partial charge in [-0.3, -0.25) is 14.2 Å². The minimum Gasteiger partial charge on any atom is -0.489 e. The third kappa shape index (κ3) is 6.26. The number of halogens is 1. The molecule has 0 bridgehead atoms. The summed E-state index contributed by atoms with van der Waals surface area (Å²) in [5.74, 6) is -0.534. The zero-order valence-corrected chi connectivity index (χ0v) is 27.5. The lowest BCUT2D eigenvalue weighted by atomic mass is 9.92. The quantitative estimate of drug-likeness (QED) is 0.188. The van der Waals surface area contributed by atoms with Crippen molar-refractivity contribution in [1.82, 2.24) is 14.4 Å². The monoisotopic (exact) mass is 695 g/mol. The lowest BCUT2D eigenvalue weighted by molar-refractivity contribution is -0.194. The number of nitrogens with zero attached hydrogens (tertiary/aromatic N) is 3. The second-order valence-electron chi connectivity index (χ2n) is 11.6. The number of aliphatic hydroxyl groups is 1. The van der Waals surface area contributed by atoms with Crippen LogP contribution in [0.2, 0.25) is 0 Å². The summed E-state index contributed by atoms with van der Waals surface area (Å²) < 4.78 is 13.0. The molecule has 0 saturated carbocycles. The zero-order chi connectivity index (χ0) is 33.1. The molecule has 2 heterocycles. The molecular formula is C37H34BrN3O6. The molecule has 1 aromatic heterocycles. The highest BCUT2D eigenvalue weighted by atomic mass is 79.9. The van der Waals surface area contributed by atoms with E-state index in [0.717, 1.165) is 21.4 Å². The number of para-hydroxylation sites is 1. The van der Waals surface area contributed by atoms with Crippen LogP contribution in [0.1, 0.15) is 27.1 Å². The van der Waals surface area contributed by atoms with Gasteiger partial charge in [-0.05, 0) is 40.5 Å². The third-order valence-electron chi connectivity index (χ3n) is 8.59. The molecule has 3 atom stereocenters. The van der Waals surface area contributed by atoms with E-state index in [9.17, 15) is 19.5 Å². The molecule has 1 saturated heterocycles. The van der Waals surface area contributed by atoms with E-state index < -0.39 is 34.5 Å². The Morgan fingerprint density at radius 2 is 1.51 bits per heavy atom. The van der Waals surface area contributed by atoms with E-state index in [1.165, 1.54) is 23.6 Å². The minimum atomic E-state index is -2.21. The molecule has 1 aliphatic heterocycles. The Bertz CT molecular complexity index is 1910. The van der Waals surface area contributed by atoms with E-state index >= 15 is 0 Å². The first-order chi connectivity index (χ1) is 22.7. The maximum atomic E-state index is 14.0. The fraction of sp³-hybridized carbons (Fsp3) is 0.216. The number of carbonyl (C=O) groups is 3. The number of hydrogen-bond acceptors (Lipinski definition) is 6. The van der Waals surface area contributed by atoms with Gasteiger partial charge in [0.25, 0.3) is 5.91 Å². The molecule has 1 fully saturated rings. The van der Waals surface area contributed by atoms with E-state index in [2.05, 4.69) is 15.9 Å². The summed E-state index contributed by atoms with van der Waals surface area (Å²) in [7, 11) is 2.93. The summed E-state index contributed by atoms with van der Waals surface area (Å²) in [4.78, 5) is 42.5. The first-order valence-corrected chi connectivity index (χ1v) is 16.1. The van der Waals surface area contributed by atoms with Crippen LogP contribution < -0.4 is 4.74 Å². The van der Waals surface area contributed by atoms with Crippen molar-refractivity contribution >= 4 is 44.7 Å². The number of hydrogen-bond donors (Lipinski definition) is 1. The molecular weight excluding hydrogens is 662 g/mol. The molecule has 0 radical (unpaired) electrons. The number of piperazine rings is 1. The molecule has 10 heteroatoms. The van der Waals surface area contributed by atoms with Gasteiger partial charge in [0.15, 0.2) is 0 Å². The van der Waals surface area contributed by atoms with E-state index in [1.54, 1.807) is 36.5 Å². The van der Waals surface area contributed by atoms with Gasteiger partial charge in [-0.1, -0.05) is 107 Å². The Morgan fingerprint density at radius 1 is 0.872 bits per heavy atom. The molecule has 5 aromatic rings. The van der Waals surface area contributed by atoms with Crippen molar-refractivity contribution in [3.63, 3.8) is 0 Å². The highest BCUT2D eigenvalue weighted by molar-refractivity contribution is 9.09. The average molecular weight is 697 g/mol. The number of carbonyl (C=O) groups excluding carboxylic acids is 3. The molecule has 1 N–H and O–H groups in total. The van der Waals surface area contributed by atoms with Gasteiger partial charge in [0, 0.05) is 32.1 Å². The van der Waals surface area contributed by atoms with Crippen LogP contribution in [0, 0.1) is 0 Å². The van der Waals surface area contributed by atoms with Crippen LogP contribution in [-0.4, -0.2) is 63.2 Å². The van der Waals surface area contributed by atoms with Crippen molar-refractivity contribution in [2.24, 2.45) is 0 Å². The van der Waals surface area contributed by atoms with Gasteiger partial charge in [-0.2, -0.15) is 0 Å². The van der Waals surface area contributed by atoms with Crippen molar-refractivity contribution < 1.29 is 29.0 Å². The van der Waals surface area contributed by atoms with Gasteiger partial charge in [-0.25, -0.2) is 4.79 Å². The predicted molar refractivity (Wildman–Crippen MR) is 181 cm³/mol. The molecule has 4 aromatic carbocycles. The molecule has 6 rings (SSSR count). The van der Waals surface area contributed by atoms with E-state index in [-0.39, 0.29) is 13.0 Å². The molecule has 240 valence electrons. The van der Waals surface area contributed by atoms with Crippen LogP contribution in [0.25, 0.3) is 10.9 Å². The fourth-order valence-corrected chi connectivity index (χ4v) is 6.69.